The first-order valence-electron chi connectivity index (χ1n) is 7.05. The molecule has 0 heterocycles. The second-order valence-electron chi connectivity index (χ2n) is 6.39. The van der Waals surface area contributed by atoms with E-state index in [-0.39, 0.29) is 54.2 Å². The molecular formula is C14H28ClN3O3. The van der Waals surface area contributed by atoms with Crippen molar-refractivity contribution in [3.8, 4) is 0 Å². The molecular weight excluding hydrogens is 294 g/mol. The van der Waals surface area contributed by atoms with Crippen molar-refractivity contribution in [3.63, 3.8) is 0 Å². The highest BCUT2D eigenvalue weighted by molar-refractivity contribution is 5.87. The minimum absolute atomic E-state index is 0. The van der Waals surface area contributed by atoms with Crippen LogP contribution in [0.4, 0.5) is 0 Å². The van der Waals surface area contributed by atoms with Gasteiger partial charge in [0, 0.05) is 18.6 Å². The molecule has 1 aliphatic carbocycles. The first-order valence-corrected chi connectivity index (χ1v) is 7.05. The van der Waals surface area contributed by atoms with Crippen LogP contribution in [0.2, 0.25) is 0 Å². The van der Waals surface area contributed by atoms with Crippen molar-refractivity contribution < 1.29 is 14.3 Å². The highest BCUT2D eigenvalue weighted by Gasteiger charge is 2.49. The van der Waals surface area contributed by atoms with E-state index in [0.717, 1.165) is 6.42 Å². The maximum absolute atomic E-state index is 11.8. The predicted molar refractivity (Wildman–Crippen MR) is 84.2 cm³/mol. The number of rotatable bonds is 6. The van der Waals surface area contributed by atoms with E-state index in [1.807, 2.05) is 13.8 Å². The van der Waals surface area contributed by atoms with Gasteiger partial charge < -0.3 is 21.1 Å². The Labute approximate surface area is 133 Å². The number of hydrogen-bond donors (Lipinski definition) is 3. The van der Waals surface area contributed by atoms with E-state index >= 15 is 0 Å². The van der Waals surface area contributed by atoms with Gasteiger partial charge in [-0.1, -0.05) is 27.7 Å². The molecule has 0 saturated heterocycles. The van der Waals surface area contributed by atoms with Crippen LogP contribution in [-0.4, -0.2) is 43.7 Å². The molecule has 0 aliphatic heterocycles. The number of carbonyl (C=O) groups is 2. The van der Waals surface area contributed by atoms with Gasteiger partial charge in [-0.15, -0.1) is 12.4 Å². The highest BCUT2D eigenvalue weighted by atomic mass is 35.5. The van der Waals surface area contributed by atoms with Gasteiger partial charge in [-0.05, 0) is 12.3 Å². The van der Waals surface area contributed by atoms with Gasteiger partial charge in [0.2, 0.25) is 11.8 Å². The number of ether oxygens (including phenoxy) is 1. The van der Waals surface area contributed by atoms with Crippen LogP contribution in [0.15, 0.2) is 0 Å². The summed E-state index contributed by atoms with van der Waals surface area (Å²) in [4.78, 5) is 23.5. The average Bonchev–Trinajstić information content (AvgIpc) is 2.39. The number of nitrogens with two attached hydrogens (primary N) is 1. The maximum Gasteiger partial charge on any atom is 0.239 e. The van der Waals surface area contributed by atoms with E-state index in [1.54, 1.807) is 7.11 Å². The van der Waals surface area contributed by atoms with Crippen molar-refractivity contribution in [2.24, 2.45) is 17.1 Å². The first-order chi connectivity index (χ1) is 9.20. The number of hydrogen-bond acceptors (Lipinski definition) is 4. The Kier molecular flexibility index (Phi) is 7.64. The minimum atomic E-state index is -0.583. The normalized spacial score (nSPS) is 24.5. The summed E-state index contributed by atoms with van der Waals surface area (Å²) in [6.07, 6.45) is 0.964. The third-order valence-corrected chi connectivity index (χ3v) is 4.24. The zero-order valence-corrected chi connectivity index (χ0v) is 14.3. The second-order valence-corrected chi connectivity index (χ2v) is 6.39. The second kappa shape index (κ2) is 7.96. The Balaban J connectivity index is 0.00000400. The zero-order valence-electron chi connectivity index (χ0n) is 13.4. The van der Waals surface area contributed by atoms with Crippen LogP contribution in [0.1, 0.15) is 34.1 Å². The number of halogens is 1. The Bertz CT molecular complexity index is 374. The molecule has 21 heavy (non-hydrogen) atoms. The Morgan fingerprint density at radius 3 is 2.38 bits per heavy atom. The van der Waals surface area contributed by atoms with Crippen LogP contribution >= 0.6 is 12.4 Å². The van der Waals surface area contributed by atoms with Crippen molar-refractivity contribution in [1.82, 2.24) is 10.6 Å². The molecule has 7 heteroatoms. The Morgan fingerprint density at radius 2 is 1.95 bits per heavy atom. The van der Waals surface area contributed by atoms with E-state index in [2.05, 4.69) is 24.5 Å². The summed E-state index contributed by atoms with van der Waals surface area (Å²) in [5, 5.41) is 5.48. The van der Waals surface area contributed by atoms with Crippen LogP contribution < -0.4 is 16.4 Å². The molecule has 0 aromatic heterocycles. The minimum Gasteiger partial charge on any atom is -0.381 e. The van der Waals surface area contributed by atoms with Crippen molar-refractivity contribution in [2.75, 3.05) is 13.7 Å². The monoisotopic (exact) mass is 321 g/mol. The van der Waals surface area contributed by atoms with Crippen LogP contribution in [0, 0.1) is 11.3 Å². The molecule has 0 radical (unpaired) electrons. The molecule has 0 spiro atoms. The lowest BCUT2D eigenvalue weighted by atomic mass is 9.64. The summed E-state index contributed by atoms with van der Waals surface area (Å²) >= 11 is 0. The molecule has 2 unspecified atom stereocenters. The van der Waals surface area contributed by atoms with Gasteiger partial charge in [0.25, 0.3) is 0 Å². The summed E-state index contributed by atoms with van der Waals surface area (Å²) in [5.74, 6) is -0.439. The van der Waals surface area contributed by atoms with Crippen LogP contribution in [-0.2, 0) is 14.3 Å². The number of methoxy groups -OCH3 is 1. The molecule has 0 bridgehead atoms. The topological polar surface area (TPSA) is 93.5 Å². The van der Waals surface area contributed by atoms with E-state index in [1.165, 1.54) is 0 Å². The molecule has 1 aliphatic rings. The van der Waals surface area contributed by atoms with Crippen LogP contribution in [0.25, 0.3) is 0 Å². The predicted octanol–water partition coefficient (Wildman–Crippen LogP) is 0.437. The van der Waals surface area contributed by atoms with E-state index in [4.69, 9.17) is 10.5 Å². The molecule has 1 saturated carbocycles. The van der Waals surface area contributed by atoms with E-state index in [9.17, 15) is 9.59 Å². The summed E-state index contributed by atoms with van der Waals surface area (Å²) in [6, 6.07) is -0.503. The standard InChI is InChI=1S/C14H27N3O3.ClH/c1-8(2)12(15)13(19)16-7-11(18)17-9-6-10(20-5)14(9,3)4;/h8-10,12H,6-7,15H2,1-5H3,(H,16,19)(H,17,18);1H/t9?,10?,12-;/m0./s1. The zero-order chi connectivity index (χ0) is 15.5. The fourth-order valence-corrected chi connectivity index (χ4v) is 2.36. The number of amides is 2. The lowest BCUT2D eigenvalue weighted by Gasteiger charge is -2.51. The molecule has 2 amide bonds. The quantitative estimate of drug-likeness (QED) is 0.661. The lowest BCUT2D eigenvalue weighted by Crippen LogP contribution is -2.62. The van der Waals surface area contributed by atoms with Gasteiger partial charge >= 0.3 is 0 Å². The molecule has 124 valence electrons. The lowest BCUT2D eigenvalue weighted by molar-refractivity contribution is -0.134. The summed E-state index contributed by atoms with van der Waals surface area (Å²) in [7, 11) is 1.68. The van der Waals surface area contributed by atoms with Gasteiger partial charge in [-0.3, -0.25) is 9.59 Å². The van der Waals surface area contributed by atoms with Crippen LogP contribution in [0.5, 0.6) is 0 Å². The van der Waals surface area contributed by atoms with Gasteiger partial charge in [-0.25, -0.2) is 0 Å². The fourth-order valence-electron chi connectivity index (χ4n) is 2.36. The largest absolute Gasteiger partial charge is 0.381 e. The summed E-state index contributed by atoms with van der Waals surface area (Å²) in [5.41, 5.74) is 5.62. The SMILES string of the molecule is COC1CC(NC(=O)CNC(=O)[C@@H](N)C(C)C)C1(C)C.Cl. The Hall–Kier alpha value is -0.850. The van der Waals surface area contributed by atoms with Crippen molar-refractivity contribution in [2.45, 2.75) is 52.3 Å². The van der Waals surface area contributed by atoms with Crippen molar-refractivity contribution >= 4 is 24.2 Å². The molecule has 0 aromatic rings. The van der Waals surface area contributed by atoms with E-state index < -0.39 is 6.04 Å². The Morgan fingerprint density at radius 1 is 1.38 bits per heavy atom. The first kappa shape index (κ1) is 20.1. The van der Waals surface area contributed by atoms with Crippen LogP contribution in [0.3, 0.4) is 0 Å². The molecule has 1 fully saturated rings. The summed E-state index contributed by atoms with van der Waals surface area (Å²) < 4.78 is 5.33. The fraction of sp³-hybridized carbons (Fsp3) is 0.857. The third kappa shape index (κ3) is 4.83. The van der Waals surface area contributed by atoms with Crippen molar-refractivity contribution in [1.29, 1.82) is 0 Å². The van der Waals surface area contributed by atoms with Crippen molar-refractivity contribution in [3.05, 3.63) is 0 Å². The van der Waals surface area contributed by atoms with Gasteiger partial charge in [0.1, 0.15) is 0 Å². The number of carbonyl (C=O) groups excluding carboxylic acids is 2. The third-order valence-electron chi connectivity index (χ3n) is 4.24. The average molecular weight is 322 g/mol. The molecule has 6 nitrogen and oxygen atoms in total. The van der Waals surface area contributed by atoms with Gasteiger partial charge in [0.15, 0.2) is 0 Å². The number of nitrogens with one attached hydrogen (secondary N) is 2. The molecule has 3 atom stereocenters. The van der Waals surface area contributed by atoms with Gasteiger partial charge in [-0.2, -0.15) is 0 Å². The maximum atomic E-state index is 11.8. The summed E-state index contributed by atoms with van der Waals surface area (Å²) in [6.45, 7) is 7.81. The smallest absolute Gasteiger partial charge is 0.239 e. The van der Waals surface area contributed by atoms with E-state index in [0.29, 0.717) is 0 Å². The molecule has 0 aromatic carbocycles. The van der Waals surface area contributed by atoms with Gasteiger partial charge in [0.05, 0.1) is 18.7 Å². The molecule has 4 N–H and O–H groups in total. The molecule has 1 rings (SSSR count). The highest BCUT2D eigenvalue weighted by Crippen LogP contribution is 2.42.